The van der Waals surface area contributed by atoms with E-state index in [1.54, 1.807) is 18.2 Å². The number of methoxy groups -OCH3 is 4. The number of nitrogens with zero attached hydrogens (tertiary/aromatic N) is 1. The molecule has 0 N–H and O–H groups in total. The van der Waals surface area contributed by atoms with Crippen LogP contribution in [0.25, 0.3) is 22.4 Å². The predicted molar refractivity (Wildman–Crippen MR) is 104 cm³/mol. The minimum atomic E-state index is -5.00. The van der Waals surface area contributed by atoms with Gasteiger partial charge in [-0.15, -0.1) is 0 Å². The van der Waals surface area contributed by atoms with Crippen molar-refractivity contribution in [3.8, 4) is 51.1 Å². The molecule has 0 aliphatic heterocycles. The summed E-state index contributed by atoms with van der Waals surface area (Å²) in [6.45, 7) is 0. The molecular formula is C19H18NO9S-. The van der Waals surface area contributed by atoms with Gasteiger partial charge in [-0.25, -0.2) is 8.42 Å². The summed E-state index contributed by atoms with van der Waals surface area (Å²) >= 11 is 0. The summed E-state index contributed by atoms with van der Waals surface area (Å²) in [7, 11) is 0.785. The predicted octanol–water partition coefficient (Wildman–Crippen LogP) is 2.88. The van der Waals surface area contributed by atoms with Gasteiger partial charge in [-0.05, 0) is 29.8 Å². The Morgan fingerprint density at radius 1 is 0.833 bits per heavy atom. The third-order valence-corrected chi connectivity index (χ3v) is 4.56. The Labute approximate surface area is 172 Å². The fourth-order valence-corrected chi connectivity index (χ4v) is 3.24. The zero-order valence-electron chi connectivity index (χ0n) is 16.5. The number of hydrogen-bond donors (Lipinski definition) is 0. The Bertz CT molecular complexity index is 1130. The second-order valence-corrected chi connectivity index (χ2v) is 6.83. The average Bonchev–Trinajstić information content (AvgIpc) is 3.21. The summed E-state index contributed by atoms with van der Waals surface area (Å²) in [6, 6.07) is 7.80. The SMILES string of the molecule is COc1ccc(-c2conc2-c2cc(OC)c(OC)c(OC)c2)cc1OS(=O)(=O)[O-]. The quantitative estimate of drug-likeness (QED) is 0.384. The van der Waals surface area contributed by atoms with Gasteiger partial charge >= 0.3 is 0 Å². The highest BCUT2D eigenvalue weighted by molar-refractivity contribution is 7.81. The van der Waals surface area contributed by atoms with Crippen LogP contribution in [0, 0.1) is 0 Å². The number of hydrogen-bond acceptors (Lipinski definition) is 10. The van der Waals surface area contributed by atoms with Gasteiger partial charge in [0.05, 0.1) is 28.4 Å². The van der Waals surface area contributed by atoms with E-state index in [0.29, 0.717) is 39.6 Å². The van der Waals surface area contributed by atoms with Gasteiger partial charge in [0, 0.05) is 11.1 Å². The van der Waals surface area contributed by atoms with Crippen LogP contribution in [0.1, 0.15) is 0 Å². The van der Waals surface area contributed by atoms with E-state index in [0.717, 1.165) is 0 Å². The molecule has 0 saturated carbocycles. The smallest absolute Gasteiger partial charge is 0.262 e. The molecule has 10 nitrogen and oxygen atoms in total. The molecule has 160 valence electrons. The molecule has 0 aliphatic carbocycles. The Kier molecular flexibility index (Phi) is 6.04. The Morgan fingerprint density at radius 2 is 1.43 bits per heavy atom. The number of benzene rings is 2. The largest absolute Gasteiger partial charge is 0.716 e. The molecule has 0 saturated heterocycles. The zero-order chi connectivity index (χ0) is 21.9. The minimum Gasteiger partial charge on any atom is -0.716 e. The molecule has 0 spiro atoms. The van der Waals surface area contributed by atoms with Crippen LogP contribution in [0.15, 0.2) is 41.1 Å². The summed E-state index contributed by atoms with van der Waals surface area (Å²) in [5.74, 6) is 1.05. The lowest BCUT2D eigenvalue weighted by atomic mass is 10.0. The molecular weight excluding hydrogens is 418 g/mol. The van der Waals surface area contributed by atoms with Crippen LogP contribution < -0.4 is 23.1 Å². The van der Waals surface area contributed by atoms with Gasteiger partial charge in [0.15, 0.2) is 23.0 Å². The molecule has 0 atom stereocenters. The van der Waals surface area contributed by atoms with Crippen molar-refractivity contribution in [1.82, 2.24) is 5.16 Å². The lowest BCUT2D eigenvalue weighted by Gasteiger charge is -2.15. The molecule has 0 fully saturated rings. The second-order valence-electron chi connectivity index (χ2n) is 5.85. The van der Waals surface area contributed by atoms with Crippen LogP contribution >= 0.6 is 0 Å². The molecule has 0 aliphatic rings. The maximum absolute atomic E-state index is 11.1. The van der Waals surface area contributed by atoms with Gasteiger partial charge in [-0.2, -0.15) is 0 Å². The van der Waals surface area contributed by atoms with E-state index in [2.05, 4.69) is 9.34 Å². The molecule has 1 aromatic heterocycles. The third-order valence-electron chi connectivity index (χ3n) is 4.17. The number of ether oxygens (including phenoxy) is 4. The molecule has 0 unspecified atom stereocenters. The summed E-state index contributed by atoms with van der Waals surface area (Å²) < 4.78 is 63.9. The average molecular weight is 436 g/mol. The van der Waals surface area contributed by atoms with Gasteiger partial charge in [0.25, 0.3) is 10.4 Å². The summed E-state index contributed by atoms with van der Waals surface area (Å²) in [5.41, 5.74) is 1.97. The summed E-state index contributed by atoms with van der Waals surface area (Å²) in [6.07, 6.45) is 1.37. The Morgan fingerprint density at radius 3 is 1.97 bits per heavy atom. The van der Waals surface area contributed by atoms with Crippen LogP contribution in [-0.4, -0.2) is 46.6 Å². The molecule has 30 heavy (non-hydrogen) atoms. The van der Waals surface area contributed by atoms with E-state index in [-0.39, 0.29) is 11.5 Å². The third kappa shape index (κ3) is 4.26. The minimum absolute atomic E-state index is 0.0731. The van der Waals surface area contributed by atoms with Crippen molar-refractivity contribution in [1.29, 1.82) is 0 Å². The first-order valence-corrected chi connectivity index (χ1v) is 9.73. The highest BCUT2D eigenvalue weighted by Gasteiger charge is 2.20. The van der Waals surface area contributed by atoms with E-state index in [4.69, 9.17) is 23.5 Å². The van der Waals surface area contributed by atoms with Crippen molar-refractivity contribution in [2.45, 2.75) is 0 Å². The highest BCUT2D eigenvalue weighted by atomic mass is 32.3. The normalized spacial score (nSPS) is 11.1. The van der Waals surface area contributed by atoms with Crippen LogP contribution in [0.2, 0.25) is 0 Å². The van der Waals surface area contributed by atoms with Crippen LogP contribution in [0.3, 0.4) is 0 Å². The fourth-order valence-electron chi connectivity index (χ4n) is 2.89. The zero-order valence-corrected chi connectivity index (χ0v) is 17.3. The van der Waals surface area contributed by atoms with E-state index < -0.39 is 10.4 Å². The first-order valence-electron chi connectivity index (χ1n) is 8.39. The van der Waals surface area contributed by atoms with Crippen molar-refractivity contribution in [3.05, 3.63) is 36.6 Å². The standard InChI is InChI=1S/C19H19NO9S/c1-24-14-6-5-11(7-15(14)29-30(21,22)23)13-10-28-20-18(13)12-8-16(25-2)19(27-4)17(9-12)26-3/h5-10H,1-4H3,(H,21,22,23)/p-1. The highest BCUT2D eigenvalue weighted by Crippen LogP contribution is 2.43. The summed E-state index contributed by atoms with van der Waals surface area (Å²) in [4.78, 5) is 0. The first kappa shape index (κ1) is 21.3. The molecule has 3 rings (SSSR count). The van der Waals surface area contributed by atoms with Gasteiger partial charge in [-0.3, -0.25) is 0 Å². The Hall–Kier alpha value is -3.44. The molecule has 1 heterocycles. The van der Waals surface area contributed by atoms with Gasteiger partial charge < -0.3 is 32.2 Å². The van der Waals surface area contributed by atoms with Crippen molar-refractivity contribution in [2.24, 2.45) is 0 Å². The lowest BCUT2D eigenvalue weighted by Crippen LogP contribution is -2.08. The van der Waals surface area contributed by atoms with Gasteiger partial charge in [0.1, 0.15) is 12.0 Å². The number of rotatable bonds is 8. The van der Waals surface area contributed by atoms with Crippen molar-refractivity contribution in [2.75, 3.05) is 28.4 Å². The summed E-state index contributed by atoms with van der Waals surface area (Å²) in [5, 5.41) is 4.04. The maximum Gasteiger partial charge on any atom is 0.262 e. The van der Waals surface area contributed by atoms with Crippen molar-refractivity contribution in [3.63, 3.8) is 0 Å². The molecule has 0 radical (unpaired) electrons. The van der Waals surface area contributed by atoms with E-state index >= 15 is 0 Å². The second kappa shape index (κ2) is 8.51. The fraction of sp³-hybridized carbons (Fsp3) is 0.211. The van der Waals surface area contributed by atoms with Crippen LogP contribution in [0.5, 0.6) is 28.7 Å². The van der Waals surface area contributed by atoms with Crippen LogP contribution in [0.4, 0.5) is 0 Å². The molecule has 0 amide bonds. The van der Waals surface area contributed by atoms with Crippen molar-refractivity contribution >= 4 is 10.4 Å². The molecule has 3 aromatic rings. The van der Waals surface area contributed by atoms with E-state index in [1.165, 1.54) is 46.8 Å². The molecule has 2 aromatic carbocycles. The first-order chi connectivity index (χ1) is 14.3. The van der Waals surface area contributed by atoms with E-state index in [1.807, 2.05) is 0 Å². The Balaban J connectivity index is 2.14. The van der Waals surface area contributed by atoms with Crippen molar-refractivity contribution < 1.29 is 40.6 Å². The van der Waals surface area contributed by atoms with Crippen LogP contribution in [-0.2, 0) is 10.4 Å². The van der Waals surface area contributed by atoms with Gasteiger partial charge in [-0.1, -0.05) is 11.2 Å². The lowest BCUT2D eigenvalue weighted by molar-refractivity contribution is 0.324. The molecule has 11 heteroatoms. The monoisotopic (exact) mass is 436 g/mol. The molecule has 0 bridgehead atoms. The maximum atomic E-state index is 11.1. The van der Waals surface area contributed by atoms with E-state index in [9.17, 15) is 13.0 Å². The van der Waals surface area contributed by atoms with Gasteiger partial charge in [0.2, 0.25) is 5.75 Å². The topological polar surface area (TPSA) is 129 Å². The number of aromatic nitrogens is 1.